The van der Waals surface area contributed by atoms with Crippen molar-refractivity contribution in [2.24, 2.45) is 10.9 Å². The zero-order valence-electron chi connectivity index (χ0n) is 11.0. The molecule has 0 radical (unpaired) electrons. The van der Waals surface area contributed by atoms with Crippen molar-refractivity contribution in [2.45, 2.75) is 25.7 Å². The number of amides is 1. The van der Waals surface area contributed by atoms with Crippen molar-refractivity contribution in [3.05, 3.63) is 47.2 Å². The molecule has 0 saturated heterocycles. The number of benzene rings is 1. The number of aryl methyl sites for hydroxylation is 1. The fourth-order valence-corrected chi connectivity index (χ4v) is 2.33. The maximum atomic E-state index is 11.9. The summed E-state index contributed by atoms with van der Waals surface area (Å²) < 4.78 is 0. The quantitative estimate of drug-likeness (QED) is 0.834. The first-order valence-electron chi connectivity index (χ1n) is 6.80. The van der Waals surface area contributed by atoms with Crippen LogP contribution < -0.4 is 0 Å². The molecule has 4 nitrogen and oxygen atoms in total. The Morgan fingerprint density at radius 2 is 1.90 bits per heavy atom. The maximum absolute atomic E-state index is 11.9. The standard InChI is InChI=1S/C16H15NO3/c18-14(11-7-8-11)13-15(19)12(17-16(13)20)9-6-10-4-2-1-3-5-10/h1-5,11,19H,6-9H2. The zero-order valence-corrected chi connectivity index (χ0v) is 11.0. The molecule has 1 saturated carbocycles. The predicted octanol–water partition coefficient (Wildman–Crippen LogP) is 2.39. The van der Waals surface area contributed by atoms with Crippen LogP contribution in [0.3, 0.4) is 0 Å². The fourth-order valence-electron chi connectivity index (χ4n) is 2.33. The van der Waals surface area contributed by atoms with Gasteiger partial charge in [0, 0.05) is 5.92 Å². The minimum absolute atomic E-state index is 0.0835. The SMILES string of the molecule is O=C1N=C(CCc2ccccc2)C(O)=C1C(=O)C1CC1. The summed E-state index contributed by atoms with van der Waals surface area (Å²) in [4.78, 5) is 27.5. The lowest BCUT2D eigenvalue weighted by Gasteiger charge is -2.02. The molecule has 1 amide bonds. The third kappa shape index (κ3) is 2.41. The number of rotatable bonds is 5. The average Bonchev–Trinajstić information content (AvgIpc) is 3.25. The molecular weight excluding hydrogens is 254 g/mol. The van der Waals surface area contributed by atoms with E-state index in [1.807, 2.05) is 30.3 Å². The summed E-state index contributed by atoms with van der Waals surface area (Å²) in [6.45, 7) is 0. The van der Waals surface area contributed by atoms with Crippen LogP contribution in [0.25, 0.3) is 0 Å². The van der Waals surface area contributed by atoms with E-state index >= 15 is 0 Å². The van der Waals surface area contributed by atoms with Crippen LogP contribution in [0.2, 0.25) is 0 Å². The van der Waals surface area contributed by atoms with E-state index in [2.05, 4.69) is 4.99 Å². The average molecular weight is 269 g/mol. The van der Waals surface area contributed by atoms with Crippen molar-refractivity contribution in [1.29, 1.82) is 0 Å². The molecule has 1 heterocycles. The van der Waals surface area contributed by atoms with Gasteiger partial charge < -0.3 is 5.11 Å². The third-order valence-electron chi connectivity index (χ3n) is 3.65. The van der Waals surface area contributed by atoms with Crippen LogP contribution in [0.5, 0.6) is 0 Å². The van der Waals surface area contributed by atoms with Gasteiger partial charge in [0.15, 0.2) is 11.5 Å². The number of Topliss-reactive ketones (excluding diaryl/α,β-unsaturated/α-hetero) is 1. The van der Waals surface area contributed by atoms with Crippen LogP contribution in [0.15, 0.2) is 46.7 Å². The smallest absolute Gasteiger partial charge is 0.284 e. The summed E-state index contributed by atoms with van der Waals surface area (Å²) in [6, 6.07) is 9.77. The van der Waals surface area contributed by atoms with Crippen molar-refractivity contribution in [3.8, 4) is 0 Å². The molecule has 1 aliphatic heterocycles. The van der Waals surface area contributed by atoms with Crippen LogP contribution in [-0.4, -0.2) is 22.5 Å². The number of carbonyl (C=O) groups excluding carboxylic acids is 2. The van der Waals surface area contributed by atoms with Gasteiger partial charge in [-0.15, -0.1) is 0 Å². The maximum Gasteiger partial charge on any atom is 0.284 e. The number of aliphatic imine (C=N–C) groups is 1. The molecule has 0 aromatic heterocycles. The van der Waals surface area contributed by atoms with Gasteiger partial charge in [0.2, 0.25) is 0 Å². The van der Waals surface area contributed by atoms with Gasteiger partial charge in [0.1, 0.15) is 5.57 Å². The highest BCUT2D eigenvalue weighted by atomic mass is 16.3. The molecule has 2 aliphatic rings. The Labute approximate surface area is 116 Å². The molecule has 0 spiro atoms. The first-order chi connectivity index (χ1) is 9.66. The van der Waals surface area contributed by atoms with Crippen LogP contribution >= 0.6 is 0 Å². The van der Waals surface area contributed by atoms with Crippen LogP contribution in [0, 0.1) is 5.92 Å². The summed E-state index contributed by atoms with van der Waals surface area (Å²) in [5, 5.41) is 10.1. The Morgan fingerprint density at radius 3 is 2.55 bits per heavy atom. The topological polar surface area (TPSA) is 66.7 Å². The van der Waals surface area contributed by atoms with E-state index in [0.29, 0.717) is 18.6 Å². The molecule has 1 aromatic carbocycles. The van der Waals surface area contributed by atoms with Crippen molar-refractivity contribution >= 4 is 17.4 Å². The first-order valence-corrected chi connectivity index (χ1v) is 6.80. The Hall–Kier alpha value is -2.23. The summed E-state index contributed by atoms with van der Waals surface area (Å²) in [5.74, 6) is -1.11. The second-order valence-electron chi connectivity index (χ2n) is 5.21. The van der Waals surface area contributed by atoms with Crippen molar-refractivity contribution in [3.63, 3.8) is 0 Å². The molecule has 1 fully saturated rings. The van der Waals surface area contributed by atoms with Crippen LogP contribution in [-0.2, 0) is 16.0 Å². The van der Waals surface area contributed by atoms with Gasteiger partial charge in [-0.25, -0.2) is 4.99 Å². The second-order valence-corrected chi connectivity index (χ2v) is 5.21. The fraction of sp³-hybridized carbons (Fsp3) is 0.312. The van der Waals surface area contributed by atoms with E-state index in [0.717, 1.165) is 18.4 Å². The lowest BCUT2D eigenvalue weighted by atomic mass is 10.0. The molecule has 1 aliphatic carbocycles. The van der Waals surface area contributed by atoms with E-state index in [9.17, 15) is 14.7 Å². The number of carbonyl (C=O) groups is 2. The molecular formula is C16H15NO3. The molecule has 1 aromatic rings. The highest BCUT2D eigenvalue weighted by Gasteiger charge is 2.39. The Kier molecular flexibility index (Phi) is 3.22. The highest BCUT2D eigenvalue weighted by molar-refractivity contribution is 6.31. The van der Waals surface area contributed by atoms with Gasteiger partial charge >= 0.3 is 0 Å². The van der Waals surface area contributed by atoms with Gasteiger partial charge in [-0.3, -0.25) is 9.59 Å². The van der Waals surface area contributed by atoms with E-state index in [1.165, 1.54) is 0 Å². The molecule has 1 N–H and O–H groups in total. The van der Waals surface area contributed by atoms with Crippen LogP contribution in [0.1, 0.15) is 24.8 Å². The molecule has 102 valence electrons. The number of nitrogens with zero attached hydrogens (tertiary/aromatic N) is 1. The number of aliphatic hydroxyl groups excluding tert-OH is 1. The monoisotopic (exact) mass is 269 g/mol. The highest BCUT2D eigenvalue weighted by Crippen LogP contribution is 2.34. The van der Waals surface area contributed by atoms with Gasteiger partial charge in [0.05, 0.1) is 5.71 Å². The zero-order chi connectivity index (χ0) is 14.1. The molecule has 0 bridgehead atoms. The van der Waals surface area contributed by atoms with Gasteiger partial charge in [-0.2, -0.15) is 0 Å². The van der Waals surface area contributed by atoms with Gasteiger partial charge in [-0.1, -0.05) is 30.3 Å². The van der Waals surface area contributed by atoms with Crippen molar-refractivity contribution in [2.75, 3.05) is 0 Å². The minimum atomic E-state index is -0.581. The van der Waals surface area contributed by atoms with Crippen molar-refractivity contribution < 1.29 is 14.7 Å². The second kappa shape index (κ2) is 5.04. The third-order valence-corrected chi connectivity index (χ3v) is 3.65. The number of ketones is 1. The largest absolute Gasteiger partial charge is 0.505 e. The Bertz CT molecular complexity index is 624. The number of hydrogen-bond donors (Lipinski definition) is 1. The van der Waals surface area contributed by atoms with Gasteiger partial charge in [0.25, 0.3) is 5.91 Å². The number of aliphatic hydroxyl groups is 1. The number of hydrogen-bond acceptors (Lipinski definition) is 3. The molecule has 0 unspecified atom stereocenters. The summed E-state index contributed by atoms with van der Waals surface area (Å²) in [6.07, 6.45) is 2.76. The lowest BCUT2D eigenvalue weighted by molar-refractivity contribution is -0.121. The summed E-state index contributed by atoms with van der Waals surface area (Å²) >= 11 is 0. The predicted molar refractivity (Wildman–Crippen MR) is 74.6 cm³/mol. The molecule has 3 rings (SSSR count). The number of allylic oxidation sites excluding steroid dienone is 1. The molecule has 4 heteroatoms. The molecule has 20 heavy (non-hydrogen) atoms. The van der Waals surface area contributed by atoms with Crippen molar-refractivity contribution in [1.82, 2.24) is 0 Å². The van der Waals surface area contributed by atoms with E-state index in [4.69, 9.17) is 0 Å². The lowest BCUT2D eigenvalue weighted by Crippen LogP contribution is -2.12. The van der Waals surface area contributed by atoms with E-state index in [-0.39, 0.29) is 23.0 Å². The normalized spacial score (nSPS) is 18.4. The minimum Gasteiger partial charge on any atom is -0.505 e. The van der Waals surface area contributed by atoms with E-state index < -0.39 is 5.91 Å². The summed E-state index contributed by atoms with van der Waals surface area (Å²) in [7, 11) is 0. The van der Waals surface area contributed by atoms with Crippen LogP contribution in [0.4, 0.5) is 0 Å². The summed E-state index contributed by atoms with van der Waals surface area (Å²) in [5.41, 5.74) is 1.34. The van der Waals surface area contributed by atoms with E-state index in [1.54, 1.807) is 0 Å². The molecule has 0 atom stereocenters. The van der Waals surface area contributed by atoms with Gasteiger partial charge in [-0.05, 0) is 31.2 Å². The Balaban J connectivity index is 1.72. The first kappa shape index (κ1) is 12.8. The Morgan fingerprint density at radius 1 is 1.20 bits per heavy atom.